The molecule has 0 radical (unpaired) electrons. The van der Waals surface area contributed by atoms with E-state index in [1.54, 1.807) is 6.07 Å². The Morgan fingerprint density at radius 3 is 2.00 bits per heavy atom. The molecule has 3 rings (SSSR count). The maximum atomic E-state index is 13.2. The Kier molecular flexibility index (Phi) is 10.5. The number of nitrogens with zero attached hydrogens (tertiary/aromatic N) is 1. The lowest BCUT2D eigenvalue weighted by atomic mass is 9.77. The summed E-state index contributed by atoms with van der Waals surface area (Å²) in [6.45, 7) is 2.27. The molecule has 0 N–H and O–H groups in total. The van der Waals surface area contributed by atoms with Gasteiger partial charge in [0.15, 0.2) is 5.83 Å². The number of hydrogen-bond donors (Lipinski definition) is 0. The van der Waals surface area contributed by atoms with E-state index < -0.39 is 5.83 Å². The van der Waals surface area contributed by atoms with Crippen molar-refractivity contribution in [2.45, 2.75) is 103 Å². The molecular weight excluding hydrogens is 393 g/mol. The minimum absolute atomic E-state index is 0.252. The molecule has 2 heteroatoms. The summed E-state index contributed by atoms with van der Waals surface area (Å²) in [5.74, 6) is 1.73. The quantitative estimate of drug-likeness (QED) is 0.204. The van der Waals surface area contributed by atoms with Crippen LogP contribution in [-0.2, 0) is 6.42 Å². The highest BCUT2D eigenvalue weighted by molar-refractivity contribution is 5.26. The smallest absolute Gasteiger partial charge is 0.195 e. The Morgan fingerprint density at radius 2 is 1.41 bits per heavy atom. The normalized spacial score (nSPS) is 26.8. The first-order valence-electron chi connectivity index (χ1n) is 13.2. The second-order valence-corrected chi connectivity index (χ2v) is 10.2. The summed E-state index contributed by atoms with van der Waals surface area (Å²) in [6, 6.07) is 11.1. The van der Waals surface area contributed by atoms with Crippen LogP contribution in [0.1, 0.15) is 107 Å². The van der Waals surface area contributed by atoms with Crippen LogP contribution < -0.4 is 0 Å². The first kappa shape index (κ1) is 24.8. The molecule has 1 nitrogen and oxygen atoms in total. The Morgan fingerprint density at radius 1 is 0.844 bits per heavy atom. The van der Waals surface area contributed by atoms with Crippen LogP contribution in [0.2, 0.25) is 0 Å². The predicted octanol–water partition coefficient (Wildman–Crippen LogP) is 9.21. The van der Waals surface area contributed by atoms with Gasteiger partial charge < -0.3 is 0 Å². The van der Waals surface area contributed by atoms with E-state index in [4.69, 9.17) is 5.26 Å². The molecule has 0 spiro atoms. The van der Waals surface area contributed by atoms with Crippen LogP contribution >= 0.6 is 0 Å². The van der Waals surface area contributed by atoms with Crippen molar-refractivity contribution in [2.24, 2.45) is 17.8 Å². The van der Waals surface area contributed by atoms with E-state index in [-0.39, 0.29) is 5.92 Å². The van der Waals surface area contributed by atoms with Crippen molar-refractivity contribution in [1.29, 1.82) is 5.26 Å². The van der Waals surface area contributed by atoms with Crippen molar-refractivity contribution in [3.05, 3.63) is 59.4 Å². The van der Waals surface area contributed by atoms with Gasteiger partial charge in [-0.2, -0.15) is 9.65 Å². The number of unbranched alkanes of at least 4 members (excludes halogenated alkanes) is 4. The van der Waals surface area contributed by atoms with E-state index in [1.165, 1.54) is 81.4 Å². The van der Waals surface area contributed by atoms with Gasteiger partial charge in [0, 0.05) is 0 Å². The summed E-state index contributed by atoms with van der Waals surface area (Å²) in [4.78, 5) is 0. The third-order valence-corrected chi connectivity index (χ3v) is 7.75. The number of rotatable bonds is 10. The summed E-state index contributed by atoms with van der Waals surface area (Å²) < 4.78 is 13.2. The lowest BCUT2D eigenvalue weighted by Gasteiger charge is -2.28. The summed E-state index contributed by atoms with van der Waals surface area (Å²) >= 11 is 0. The molecule has 1 aromatic rings. The van der Waals surface area contributed by atoms with Crippen molar-refractivity contribution < 1.29 is 4.39 Å². The molecule has 174 valence electrons. The van der Waals surface area contributed by atoms with Crippen LogP contribution in [0, 0.1) is 29.1 Å². The molecule has 0 unspecified atom stereocenters. The Labute approximate surface area is 195 Å². The molecule has 2 aliphatic rings. The second-order valence-electron chi connectivity index (χ2n) is 10.2. The molecule has 0 heterocycles. The van der Waals surface area contributed by atoms with Crippen molar-refractivity contribution in [2.75, 3.05) is 0 Å². The standard InChI is InChI=1S/C30H42FN/c1-2-3-4-5-6-7-24-14-18-28(19-15-24)29-20-16-26(17-21-29)9-8-25-10-12-27(13-11-25)22-30(31)23-32/h8-9,14-15,18-19,22,25-27,29H,2-7,10-13,16-17,20-21H2,1H3/b9-8+,30-22?. The lowest BCUT2D eigenvalue weighted by Crippen LogP contribution is -2.14. The van der Waals surface area contributed by atoms with Gasteiger partial charge in [-0.25, -0.2) is 0 Å². The molecule has 0 aromatic heterocycles. The minimum atomic E-state index is -0.613. The van der Waals surface area contributed by atoms with Crippen LogP contribution in [0.15, 0.2) is 48.3 Å². The summed E-state index contributed by atoms with van der Waals surface area (Å²) in [5, 5.41) is 8.60. The maximum Gasteiger partial charge on any atom is 0.196 e. The largest absolute Gasteiger partial charge is 0.196 e. The van der Waals surface area contributed by atoms with Crippen LogP contribution in [0.5, 0.6) is 0 Å². The number of halogens is 1. The third-order valence-electron chi connectivity index (χ3n) is 7.75. The van der Waals surface area contributed by atoms with E-state index in [1.807, 2.05) is 0 Å². The van der Waals surface area contributed by atoms with Gasteiger partial charge in [0.25, 0.3) is 0 Å². The third kappa shape index (κ3) is 8.23. The van der Waals surface area contributed by atoms with E-state index in [9.17, 15) is 4.39 Å². The van der Waals surface area contributed by atoms with Gasteiger partial charge in [-0.3, -0.25) is 0 Å². The van der Waals surface area contributed by atoms with Gasteiger partial charge in [0.05, 0.1) is 0 Å². The molecular formula is C30H42FN. The zero-order valence-electron chi connectivity index (χ0n) is 20.1. The Bertz CT molecular complexity index is 753. The van der Waals surface area contributed by atoms with Gasteiger partial charge in [0.2, 0.25) is 0 Å². The predicted molar refractivity (Wildman–Crippen MR) is 133 cm³/mol. The number of aryl methyl sites for hydroxylation is 1. The second kappa shape index (κ2) is 13.6. The molecule has 0 aliphatic heterocycles. The van der Waals surface area contributed by atoms with Crippen molar-refractivity contribution in [3.8, 4) is 6.07 Å². The van der Waals surface area contributed by atoms with Gasteiger partial charge in [-0.15, -0.1) is 0 Å². The molecule has 0 saturated heterocycles. The van der Waals surface area contributed by atoms with Gasteiger partial charge in [0.1, 0.15) is 6.07 Å². The first-order valence-corrected chi connectivity index (χ1v) is 13.2. The van der Waals surface area contributed by atoms with Crippen molar-refractivity contribution in [1.82, 2.24) is 0 Å². The number of allylic oxidation sites excluding steroid dienone is 4. The van der Waals surface area contributed by atoms with E-state index in [2.05, 4.69) is 43.3 Å². The molecule has 0 amide bonds. The molecule has 0 atom stereocenters. The minimum Gasteiger partial charge on any atom is -0.195 e. The Hall–Kier alpha value is -1.88. The molecule has 2 fully saturated rings. The molecule has 0 bridgehead atoms. The average molecular weight is 436 g/mol. The fourth-order valence-electron chi connectivity index (χ4n) is 5.60. The van der Waals surface area contributed by atoms with E-state index in [0.29, 0.717) is 5.92 Å². The average Bonchev–Trinajstić information content (AvgIpc) is 2.84. The zero-order valence-corrected chi connectivity index (χ0v) is 20.1. The molecule has 32 heavy (non-hydrogen) atoms. The number of hydrogen-bond acceptors (Lipinski definition) is 1. The SMILES string of the molecule is CCCCCCCc1ccc(C2CCC(/C=C/C3CCC(C=C(F)C#N)CC3)CC2)cc1. The van der Waals surface area contributed by atoms with Crippen molar-refractivity contribution in [3.63, 3.8) is 0 Å². The van der Waals surface area contributed by atoms with Gasteiger partial charge in [-0.05, 0) is 105 Å². The van der Waals surface area contributed by atoms with E-state index in [0.717, 1.165) is 37.5 Å². The molecule has 2 aliphatic carbocycles. The highest BCUT2D eigenvalue weighted by Gasteiger charge is 2.22. The highest BCUT2D eigenvalue weighted by Crippen LogP contribution is 2.37. The highest BCUT2D eigenvalue weighted by atomic mass is 19.1. The van der Waals surface area contributed by atoms with Crippen LogP contribution in [0.4, 0.5) is 4.39 Å². The lowest BCUT2D eigenvalue weighted by molar-refractivity contribution is 0.346. The number of nitriles is 1. The van der Waals surface area contributed by atoms with Crippen molar-refractivity contribution >= 4 is 0 Å². The van der Waals surface area contributed by atoms with Crippen LogP contribution in [0.3, 0.4) is 0 Å². The fraction of sp³-hybridized carbons (Fsp3) is 0.633. The monoisotopic (exact) mass is 435 g/mol. The first-order chi connectivity index (χ1) is 15.7. The van der Waals surface area contributed by atoms with Gasteiger partial charge >= 0.3 is 0 Å². The fourth-order valence-corrected chi connectivity index (χ4v) is 5.60. The van der Waals surface area contributed by atoms with Crippen LogP contribution in [-0.4, -0.2) is 0 Å². The summed E-state index contributed by atoms with van der Waals surface area (Å²) in [5.41, 5.74) is 3.04. The van der Waals surface area contributed by atoms with Gasteiger partial charge in [-0.1, -0.05) is 69.0 Å². The Balaban J connectivity index is 1.36. The number of benzene rings is 1. The van der Waals surface area contributed by atoms with Crippen LogP contribution in [0.25, 0.3) is 0 Å². The zero-order chi connectivity index (χ0) is 22.6. The summed E-state index contributed by atoms with van der Waals surface area (Å²) in [6.07, 6.45) is 23.9. The molecule has 2 saturated carbocycles. The van der Waals surface area contributed by atoms with E-state index >= 15 is 0 Å². The summed E-state index contributed by atoms with van der Waals surface area (Å²) in [7, 11) is 0. The topological polar surface area (TPSA) is 23.8 Å². The molecule has 1 aromatic carbocycles. The maximum absolute atomic E-state index is 13.2.